The molecule has 0 nitrogen and oxygen atoms in total. The van der Waals surface area contributed by atoms with Crippen LogP contribution >= 0.6 is 0 Å². The first-order valence-electron chi connectivity index (χ1n) is 1.23. The summed E-state index contributed by atoms with van der Waals surface area (Å²) in [6, 6.07) is 0. The van der Waals surface area contributed by atoms with E-state index in [1.165, 1.54) is 0 Å². The molecule has 0 aliphatic rings. The Morgan fingerprint density at radius 2 is 2.60 bits per heavy atom. The molecule has 0 atom stereocenters. The zero-order valence-electron chi connectivity index (χ0n) is 2.75. The van der Waals surface area contributed by atoms with E-state index in [0.29, 0.717) is 4.43 Å². The average molecular weight is 187 g/mol. The molecule has 0 spiro atoms. The predicted octanol–water partition coefficient (Wildman–Crippen LogP) is -1.85. The summed E-state index contributed by atoms with van der Waals surface area (Å²) in [5.41, 5.74) is 0. The Bertz CT molecular complexity index is 28.1. The van der Waals surface area contributed by atoms with Gasteiger partial charge in [0.2, 0.25) is 4.43 Å². The molecule has 0 bridgehead atoms. The van der Waals surface area contributed by atoms with E-state index in [2.05, 4.69) is 6.58 Å². The molecule has 5 heavy (non-hydrogen) atoms. The molecule has 0 rings (SSSR count). The number of hydrogen-bond acceptors (Lipinski definition) is 0. The van der Waals surface area contributed by atoms with E-state index in [9.17, 15) is 2.86 Å². The van der Waals surface area contributed by atoms with Crippen LogP contribution in [-0.2, 0) is 0 Å². The largest absolute Gasteiger partial charge is 0.534 e. The van der Waals surface area contributed by atoms with Gasteiger partial charge in [-0.2, -0.15) is 0 Å². The molecule has 0 aromatic heterocycles. The maximum Gasteiger partial charge on any atom is 0.534 e. The van der Waals surface area contributed by atoms with Gasteiger partial charge < -0.3 is 0 Å². The Morgan fingerprint density at radius 1 is 2.00 bits per heavy atom. The molecule has 0 aliphatic heterocycles. The lowest BCUT2D eigenvalue weighted by Crippen LogP contribution is -3.57. The molecule has 0 amide bonds. The smallest absolute Gasteiger partial charge is 0.0988 e. The van der Waals surface area contributed by atoms with Crippen molar-refractivity contribution in [1.29, 1.82) is 0 Å². The third-order valence-electron chi connectivity index (χ3n) is 0.167. The van der Waals surface area contributed by atoms with Crippen molar-refractivity contribution in [3.8, 4) is 0 Å². The standard InChI is InChI=1S/C3H5FI/c1-2-3-5-4/h2H,1,3H2/q+1. The summed E-state index contributed by atoms with van der Waals surface area (Å²) in [4.78, 5) is 0. The van der Waals surface area contributed by atoms with Crippen molar-refractivity contribution in [2.75, 3.05) is 4.43 Å². The summed E-state index contributed by atoms with van der Waals surface area (Å²) in [5.74, 6) is 0. The molecule has 0 radical (unpaired) electrons. The maximum atomic E-state index is 11.0. The minimum Gasteiger partial charge on any atom is -0.0988 e. The van der Waals surface area contributed by atoms with Crippen molar-refractivity contribution >= 4 is 0 Å². The van der Waals surface area contributed by atoms with Gasteiger partial charge in [-0.05, 0) is 6.08 Å². The van der Waals surface area contributed by atoms with Gasteiger partial charge in [-0.15, -0.1) is 0 Å². The van der Waals surface area contributed by atoms with Crippen LogP contribution in [-0.4, -0.2) is 4.43 Å². The molecule has 0 fully saturated rings. The van der Waals surface area contributed by atoms with E-state index >= 15 is 0 Å². The molecule has 2 heteroatoms. The molecular formula is C3H5FI+. The van der Waals surface area contributed by atoms with E-state index in [1.54, 1.807) is 6.08 Å². The van der Waals surface area contributed by atoms with Crippen LogP contribution in [0.3, 0.4) is 0 Å². The van der Waals surface area contributed by atoms with Crippen LogP contribution in [0.2, 0.25) is 0 Å². The number of alkyl halides is 1. The van der Waals surface area contributed by atoms with Gasteiger partial charge >= 0.3 is 21.8 Å². The Hall–Kier alpha value is 0.400. The molecular weight excluding hydrogens is 182 g/mol. The van der Waals surface area contributed by atoms with Gasteiger partial charge in [0.05, 0.1) is 2.86 Å². The summed E-state index contributed by atoms with van der Waals surface area (Å²) >= 11 is -1.01. The highest BCUT2D eigenvalue weighted by Gasteiger charge is 1.93. The highest BCUT2D eigenvalue weighted by molar-refractivity contribution is 4.60. The predicted molar refractivity (Wildman–Crippen MR) is 16.2 cm³/mol. The fraction of sp³-hybridized carbons (Fsp3) is 0.333. The van der Waals surface area contributed by atoms with Crippen molar-refractivity contribution in [3.05, 3.63) is 12.7 Å². The highest BCUT2D eigenvalue weighted by Crippen LogP contribution is 1.36. The second-order valence-corrected chi connectivity index (χ2v) is 2.00. The summed E-state index contributed by atoms with van der Waals surface area (Å²) in [6.45, 7) is 3.34. The third kappa shape index (κ3) is 4.40. The Balaban J connectivity index is 2.40. The van der Waals surface area contributed by atoms with Crippen molar-refractivity contribution in [2.24, 2.45) is 0 Å². The summed E-state index contributed by atoms with van der Waals surface area (Å²) in [5, 5.41) is 0. The van der Waals surface area contributed by atoms with Gasteiger partial charge in [0.15, 0.2) is 0 Å². The summed E-state index contributed by atoms with van der Waals surface area (Å²) in [7, 11) is 0. The molecule has 0 unspecified atom stereocenters. The van der Waals surface area contributed by atoms with Gasteiger partial charge in [-0.25, -0.2) is 0 Å². The lowest BCUT2D eigenvalue weighted by atomic mass is 10.8. The zero-order valence-corrected chi connectivity index (χ0v) is 4.90. The first kappa shape index (κ1) is 5.40. The van der Waals surface area contributed by atoms with Crippen LogP contribution in [0.5, 0.6) is 0 Å². The molecule has 0 aromatic rings. The lowest BCUT2D eigenvalue weighted by Gasteiger charge is -1.47. The molecule has 0 heterocycles. The highest BCUT2D eigenvalue weighted by atomic mass is 127. The van der Waals surface area contributed by atoms with E-state index in [0.717, 1.165) is 0 Å². The topological polar surface area (TPSA) is 0 Å². The van der Waals surface area contributed by atoms with Crippen molar-refractivity contribution in [2.45, 2.75) is 0 Å². The maximum absolute atomic E-state index is 11.0. The fourth-order valence-corrected chi connectivity index (χ4v) is 0.277. The normalized spacial score (nSPS) is 7.40. The molecule has 0 saturated heterocycles. The SMILES string of the molecule is C=CC[I+]F. The van der Waals surface area contributed by atoms with Crippen molar-refractivity contribution in [1.82, 2.24) is 0 Å². The van der Waals surface area contributed by atoms with Crippen LogP contribution in [0.1, 0.15) is 0 Å². The molecule has 0 aromatic carbocycles. The quantitative estimate of drug-likeness (QED) is 0.270. The van der Waals surface area contributed by atoms with Gasteiger partial charge in [0.25, 0.3) is 0 Å². The Morgan fingerprint density at radius 3 is 2.60 bits per heavy atom. The van der Waals surface area contributed by atoms with Crippen LogP contribution in [0.4, 0.5) is 2.86 Å². The van der Waals surface area contributed by atoms with Crippen molar-refractivity contribution in [3.63, 3.8) is 0 Å². The number of halogens is 2. The molecule has 0 saturated carbocycles. The molecule has 0 N–H and O–H groups in total. The van der Waals surface area contributed by atoms with E-state index < -0.39 is 21.8 Å². The Labute approximate surface area is 42.1 Å². The second kappa shape index (κ2) is 4.40. The second-order valence-electron chi connectivity index (χ2n) is 0.544. The number of rotatable bonds is 2. The minimum absolute atomic E-state index is 0.596. The van der Waals surface area contributed by atoms with Gasteiger partial charge in [-0.1, -0.05) is 6.58 Å². The minimum atomic E-state index is -1.01. The van der Waals surface area contributed by atoms with Gasteiger partial charge in [0, 0.05) is 0 Å². The van der Waals surface area contributed by atoms with Gasteiger partial charge in [-0.3, -0.25) is 0 Å². The van der Waals surface area contributed by atoms with Crippen LogP contribution in [0.25, 0.3) is 0 Å². The van der Waals surface area contributed by atoms with Gasteiger partial charge in [0.1, 0.15) is 0 Å². The molecule has 30 valence electrons. The van der Waals surface area contributed by atoms with Crippen molar-refractivity contribution < 1.29 is 24.6 Å². The van der Waals surface area contributed by atoms with Crippen LogP contribution in [0, 0.1) is 0 Å². The summed E-state index contributed by atoms with van der Waals surface area (Å²) in [6.07, 6.45) is 1.60. The monoisotopic (exact) mass is 187 g/mol. The van der Waals surface area contributed by atoms with E-state index in [1.807, 2.05) is 0 Å². The third-order valence-corrected chi connectivity index (χ3v) is 1.12. The summed E-state index contributed by atoms with van der Waals surface area (Å²) < 4.78 is 11.6. The fourth-order valence-electron chi connectivity index (χ4n) is 0.0412. The zero-order chi connectivity index (χ0) is 4.12. The van der Waals surface area contributed by atoms with E-state index in [4.69, 9.17) is 0 Å². The first-order valence-corrected chi connectivity index (χ1v) is 3.57. The van der Waals surface area contributed by atoms with Crippen LogP contribution in [0.15, 0.2) is 12.7 Å². The average Bonchev–Trinajstić information content (AvgIpc) is 1.41. The Kier molecular flexibility index (Phi) is 4.75. The van der Waals surface area contributed by atoms with E-state index in [-0.39, 0.29) is 0 Å². The number of allylic oxidation sites excluding steroid dienone is 1. The number of hydrogen-bond donors (Lipinski definition) is 0. The first-order chi connectivity index (χ1) is 2.41. The van der Waals surface area contributed by atoms with Crippen LogP contribution < -0.4 is 21.8 Å². The lowest BCUT2D eigenvalue weighted by molar-refractivity contribution is -0.819. The molecule has 0 aliphatic carbocycles.